The van der Waals surface area contributed by atoms with Crippen LogP contribution in [-0.4, -0.2) is 15.7 Å². The van der Waals surface area contributed by atoms with Gasteiger partial charge in [0.15, 0.2) is 0 Å². The van der Waals surface area contributed by atoms with E-state index in [-0.39, 0.29) is 0 Å². The minimum absolute atomic E-state index is 0.605. The van der Waals surface area contributed by atoms with Crippen molar-refractivity contribution in [1.29, 1.82) is 0 Å². The van der Waals surface area contributed by atoms with Gasteiger partial charge >= 0.3 is 0 Å². The number of halogens is 1. The van der Waals surface area contributed by atoms with Crippen LogP contribution >= 0.6 is 23.4 Å². The summed E-state index contributed by atoms with van der Waals surface area (Å²) in [6.07, 6.45) is 7.36. The Morgan fingerprint density at radius 3 is 3.13 bits per heavy atom. The summed E-state index contributed by atoms with van der Waals surface area (Å²) in [5, 5.41) is 0.605. The van der Waals surface area contributed by atoms with Gasteiger partial charge in [-0.15, -0.1) is 11.8 Å². The molecule has 0 aromatic carbocycles. The van der Waals surface area contributed by atoms with E-state index in [0.29, 0.717) is 5.15 Å². The maximum absolute atomic E-state index is 6.15. The second-order valence-electron chi connectivity index (χ2n) is 3.39. The second kappa shape index (κ2) is 4.99. The topological polar surface area (TPSA) is 25.8 Å². The number of rotatable bonds is 1. The van der Waals surface area contributed by atoms with E-state index < -0.39 is 0 Å². The Kier molecular flexibility index (Phi) is 3.65. The molecule has 15 heavy (non-hydrogen) atoms. The molecule has 1 aliphatic rings. The average Bonchev–Trinajstić information content (AvgIpc) is 2.19. The molecule has 0 fully saturated rings. The molecular weight excluding hydrogens is 228 g/mol. The van der Waals surface area contributed by atoms with Crippen molar-refractivity contribution in [2.24, 2.45) is 0 Å². The van der Waals surface area contributed by atoms with Crippen molar-refractivity contribution in [3.05, 3.63) is 22.7 Å². The van der Waals surface area contributed by atoms with E-state index in [1.54, 1.807) is 11.8 Å². The van der Waals surface area contributed by atoms with Crippen LogP contribution in [0.3, 0.4) is 0 Å². The standard InChI is InChI=1S/C11H13ClN2S/c1-2-9-13-8-6-4-3-5-7-15-10(8)11(12)14-9/h4,6H,2-3,5,7H2,1H3. The summed E-state index contributed by atoms with van der Waals surface area (Å²) in [7, 11) is 0. The minimum atomic E-state index is 0.605. The number of thioether (sulfide) groups is 1. The van der Waals surface area contributed by atoms with Crippen LogP contribution < -0.4 is 0 Å². The van der Waals surface area contributed by atoms with Crippen LogP contribution in [-0.2, 0) is 6.42 Å². The lowest BCUT2D eigenvalue weighted by Crippen LogP contribution is -2.00. The van der Waals surface area contributed by atoms with Gasteiger partial charge in [-0.1, -0.05) is 24.6 Å². The molecule has 0 spiro atoms. The summed E-state index contributed by atoms with van der Waals surface area (Å²) in [5.74, 6) is 1.91. The molecule has 1 aromatic rings. The highest BCUT2D eigenvalue weighted by atomic mass is 35.5. The molecule has 2 heterocycles. The van der Waals surface area contributed by atoms with Gasteiger partial charge in [0.2, 0.25) is 0 Å². The van der Waals surface area contributed by atoms with Crippen LogP contribution in [0.4, 0.5) is 0 Å². The molecule has 4 heteroatoms. The van der Waals surface area contributed by atoms with Crippen LogP contribution in [0, 0.1) is 0 Å². The third-order valence-electron chi connectivity index (χ3n) is 2.25. The van der Waals surface area contributed by atoms with Gasteiger partial charge in [0, 0.05) is 6.42 Å². The Labute approximate surface area is 99.2 Å². The van der Waals surface area contributed by atoms with E-state index in [4.69, 9.17) is 11.6 Å². The van der Waals surface area contributed by atoms with E-state index >= 15 is 0 Å². The molecule has 2 rings (SSSR count). The lowest BCUT2D eigenvalue weighted by atomic mass is 10.2. The van der Waals surface area contributed by atoms with Crippen LogP contribution in [0.25, 0.3) is 6.08 Å². The van der Waals surface area contributed by atoms with Crippen molar-refractivity contribution in [1.82, 2.24) is 9.97 Å². The lowest BCUT2D eigenvalue weighted by Gasteiger charge is -2.10. The van der Waals surface area contributed by atoms with Crippen LogP contribution in [0.2, 0.25) is 5.15 Å². The smallest absolute Gasteiger partial charge is 0.146 e. The Morgan fingerprint density at radius 2 is 2.33 bits per heavy atom. The van der Waals surface area contributed by atoms with Gasteiger partial charge in [0.05, 0.1) is 10.6 Å². The Hall–Kier alpha value is -0.540. The van der Waals surface area contributed by atoms with E-state index in [9.17, 15) is 0 Å². The number of nitrogens with zero attached hydrogens (tertiary/aromatic N) is 2. The Morgan fingerprint density at radius 1 is 1.47 bits per heavy atom. The van der Waals surface area contributed by atoms with Crippen LogP contribution in [0.1, 0.15) is 31.3 Å². The van der Waals surface area contributed by atoms with E-state index in [1.165, 1.54) is 6.42 Å². The van der Waals surface area contributed by atoms with Crippen molar-refractivity contribution >= 4 is 29.4 Å². The van der Waals surface area contributed by atoms with Gasteiger partial charge < -0.3 is 0 Å². The monoisotopic (exact) mass is 240 g/mol. The van der Waals surface area contributed by atoms with Gasteiger partial charge in [-0.05, 0) is 24.7 Å². The fourth-order valence-corrected chi connectivity index (χ4v) is 2.76. The molecule has 1 aliphatic heterocycles. The van der Waals surface area contributed by atoms with Crippen molar-refractivity contribution in [2.45, 2.75) is 31.1 Å². The number of allylic oxidation sites excluding steroid dienone is 1. The average molecular weight is 241 g/mol. The Bertz CT molecular complexity index is 390. The zero-order valence-corrected chi connectivity index (χ0v) is 10.2. The summed E-state index contributed by atoms with van der Waals surface area (Å²) in [4.78, 5) is 9.80. The van der Waals surface area contributed by atoms with Crippen LogP contribution in [0.15, 0.2) is 11.0 Å². The maximum Gasteiger partial charge on any atom is 0.146 e. The first kappa shape index (κ1) is 11.0. The maximum atomic E-state index is 6.15. The molecule has 80 valence electrons. The molecule has 0 atom stereocenters. The highest BCUT2D eigenvalue weighted by Gasteiger charge is 2.12. The summed E-state index contributed by atoms with van der Waals surface area (Å²) in [5.41, 5.74) is 0.983. The summed E-state index contributed by atoms with van der Waals surface area (Å²) in [6, 6.07) is 0. The first-order chi connectivity index (χ1) is 7.31. The second-order valence-corrected chi connectivity index (χ2v) is 4.85. The molecule has 0 saturated carbocycles. The molecule has 0 aliphatic carbocycles. The van der Waals surface area contributed by atoms with Crippen molar-refractivity contribution < 1.29 is 0 Å². The zero-order valence-electron chi connectivity index (χ0n) is 8.66. The predicted octanol–water partition coefficient (Wildman–Crippen LogP) is 3.59. The minimum Gasteiger partial charge on any atom is -0.232 e. The zero-order chi connectivity index (χ0) is 10.7. The third kappa shape index (κ3) is 2.52. The fraction of sp³-hybridized carbons (Fsp3) is 0.455. The van der Waals surface area contributed by atoms with Crippen LogP contribution in [0.5, 0.6) is 0 Å². The normalized spacial score (nSPS) is 15.6. The van der Waals surface area contributed by atoms with Gasteiger partial charge in [0.1, 0.15) is 11.0 Å². The first-order valence-corrected chi connectivity index (χ1v) is 6.53. The molecular formula is C11H13ClN2S. The molecule has 0 unspecified atom stereocenters. The van der Waals surface area contributed by atoms with E-state index in [0.717, 1.165) is 35.0 Å². The molecule has 0 bridgehead atoms. The molecule has 0 radical (unpaired) electrons. The predicted molar refractivity (Wildman–Crippen MR) is 65.4 cm³/mol. The van der Waals surface area contributed by atoms with Gasteiger partial charge in [-0.2, -0.15) is 0 Å². The number of aryl methyl sites for hydroxylation is 1. The van der Waals surface area contributed by atoms with Crippen molar-refractivity contribution in [2.75, 3.05) is 5.75 Å². The number of aromatic nitrogens is 2. The molecule has 2 nitrogen and oxygen atoms in total. The molecule has 0 amide bonds. The quantitative estimate of drug-likeness (QED) is 0.702. The van der Waals surface area contributed by atoms with Crippen molar-refractivity contribution in [3.63, 3.8) is 0 Å². The van der Waals surface area contributed by atoms with Crippen molar-refractivity contribution in [3.8, 4) is 0 Å². The third-order valence-corrected chi connectivity index (χ3v) is 3.82. The lowest BCUT2D eigenvalue weighted by molar-refractivity contribution is 0.901. The summed E-state index contributed by atoms with van der Waals surface area (Å²) < 4.78 is 0. The molecule has 0 N–H and O–H groups in total. The first-order valence-electron chi connectivity index (χ1n) is 5.17. The molecule has 0 saturated heterocycles. The number of fused-ring (bicyclic) bond motifs is 1. The highest BCUT2D eigenvalue weighted by molar-refractivity contribution is 7.99. The van der Waals surface area contributed by atoms with E-state index in [2.05, 4.69) is 22.1 Å². The van der Waals surface area contributed by atoms with E-state index in [1.807, 2.05) is 6.92 Å². The fourth-order valence-electron chi connectivity index (χ4n) is 1.46. The van der Waals surface area contributed by atoms with Gasteiger partial charge in [0.25, 0.3) is 0 Å². The molecule has 1 aromatic heterocycles. The Balaban J connectivity index is 2.47. The summed E-state index contributed by atoms with van der Waals surface area (Å²) >= 11 is 7.91. The van der Waals surface area contributed by atoms with Gasteiger partial charge in [-0.3, -0.25) is 0 Å². The van der Waals surface area contributed by atoms with Gasteiger partial charge in [-0.25, -0.2) is 9.97 Å². The number of hydrogen-bond donors (Lipinski definition) is 0. The number of hydrogen-bond acceptors (Lipinski definition) is 3. The largest absolute Gasteiger partial charge is 0.232 e. The highest BCUT2D eigenvalue weighted by Crippen LogP contribution is 2.31. The summed E-state index contributed by atoms with van der Waals surface area (Å²) in [6.45, 7) is 2.04. The SMILES string of the molecule is CCc1nc(Cl)c2c(n1)C=CCCCS2.